The first kappa shape index (κ1) is 29.1. The van der Waals surface area contributed by atoms with E-state index < -0.39 is 0 Å². The number of benzene rings is 8. The Morgan fingerprint density at radius 2 is 1.06 bits per heavy atom. The van der Waals surface area contributed by atoms with E-state index in [1.807, 2.05) is 35.6 Å². The first-order valence-electron chi connectivity index (χ1n) is 17.5. The third-order valence-corrected chi connectivity index (χ3v) is 11.4. The van der Waals surface area contributed by atoms with Gasteiger partial charge in [0.2, 0.25) is 0 Å². The van der Waals surface area contributed by atoms with E-state index >= 15 is 0 Å². The van der Waals surface area contributed by atoms with E-state index in [0.717, 1.165) is 72.1 Å². The molecule has 0 radical (unpaired) electrons. The Morgan fingerprint density at radius 1 is 0.385 bits per heavy atom. The molecule has 8 aromatic carbocycles. The van der Waals surface area contributed by atoms with Gasteiger partial charge in [-0.15, -0.1) is 11.3 Å². The summed E-state index contributed by atoms with van der Waals surface area (Å²) < 4.78 is 15.5. The number of rotatable bonds is 5. The predicted octanol–water partition coefficient (Wildman–Crippen LogP) is 14.7. The van der Waals surface area contributed by atoms with Crippen molar-refractivity contribution in [2.75, 3.05) is 4.90 Å². The zero-order valence-corrected chi connectivity index (χ0v) is 28.7. The molecule has 0 saturated carbocycles. The quantitative estimate of drug-likeness (QED) is 0.181. The second kappa shape index (κ2) is 11.5. The van der Waals surface area contributed by atoms with Gasteiger partial charge in [-0.05, 0) is 83.4 Å². The maximum absolute atomic E-state index is 6.48. The summed E-state index contributed by atoms with van der Waals surface area (Å²) >= 11 is 1.85. The Labute approximate surface area is 303 Å². The van der Waals surface area contributed by atoms with E-state index in [1.54, 1.807) is 0 Å². The van der Waals surface area contributed by atoms with Crippen LogP contribution in [0, 0.1) is 0 Å². The topological polar surface area (TPSA) is 29.5 Å². The normalized spacial score (nSPS) is 11.8. The van der Waals surface area contributed by atoms with Crippen LogP contribution in [0.5, 0.6) is 0 Å². The molecule has 0 bridgehead atoms. The summed E-state index contributed by atoms with van der Waals surface area (Å²) in [7, 11) is 0. The molecule has 4 heteroatoms. The molecule has 3 aromatic heterocycles. The van der Waals surface area contributed by atoms with Crippen molar-refractivity contribution in [3.63, 3.8) is 0 Å². The standard InChI is InChI=1S/C48H29NO2S/c1-4-18-42-36(12-1)38-16-8-15-35(48(38)51-42)32-10-7-11-34(28-32)49(41-17-9-20-44-47(41)39-14-2-5-19-43(39)50-44)33-25-22-30(23-26-33)31-24-27-46-40(29-31)37-13-3-6-21-45(37)52-46/h1-29H. The molecule has 0 amide bonds. The largest absolute Gasteiger partial charge is 0.456 e. The Kier molecular flexibility index (Phi) is 6.42. The van der Waals surface area contributed by atoms with Crippen LogP contribution in [0.15, 0.2) is 185 Å². The van der Waals surface area contributed by atoms with E-state index in [0.29, 0.717) is 0 Å². The summed E-state index contributed by atoms with van der Waals surface area (Å²) in [5, 5.41) is 7.04. The molecule has 0 N–H and O–H groups in total. The van der Waals surface area contributed by atoms with Crippen molar-refractivity contribution in [1.29, 1.82) is 0 Å². The highest BCUT2D eigenvalue weighted by Crippen LogP contribution is 2.45. The van der Waals surface area contributed by atoms with Crippen LogP contribution in [-0.4, -0.2) is 0 Å². The van der Waals surface area contributed by atoms with Gasteiger partial charge in [-0.25, -0.2) is 0 Å². The van der Waals surface area contributed by atoms with Gasteiger partial charge in [0.15, 0.2) is 0 Å². The van der Waals surface area contributed by atoms with Gasteiger partial charge in [-0.1, -0.05) is 109 Å². The SMILES string of the molecule is c1cc(-c2cccc3c2oc2ccccc23)cc(N(c2ccc(-c3ccc4sc5ccccc5c4c3)cc2)c2cccc3oc4ccccc4c23)c1. The smallest absolute Gasteiger partial charge is 0.143 e. The summed E-state index contributed by atoms with van der Waals surface area (Å²) in [6.07, 6.45) is 0. The van der Waals surface area contributed by atoms with E-state index in [2.05, 4.69) is 157 Å². The van der Waals surface area contributed by atoms with Crippen molar-refractivity contribution < 1.29 is 8.83 Å². The zero-order valence-electron chi connectivity index (χ0n) is 27.9. The number of furan rings is 2. The van der Waals surface area contributed by atoms with Crippen LogP contribution in [0.2, 0.25) is 0 Å². The first-order valence-corrected chi connectivity index (χ1v) is 18.3. The Bertz CT molecular complexity index is 3150. The minimum atomic E-state index is 0.861. The van der Waals surface area contributed by atoms with Gasteiger partial charge in [0.25, 0.3) is 0 Å². The molecule has 244 valence electrons. The van der Waals surface area contributed by atoms with E-state index in [-0.39, 0.29) is 0 Å². The second-order valence-electron chi connectivity index (χ2n) is 13.3. The average molecular weight is 684 g/mol. The molecular formula is C48H29NO2S. The molecule has 11 aromatic rings. The number of hydrogen-bond acceptors (Lipinski definition) is 4. The van der Waals surface area contributed by atoms with Crippen molar-refractivity contribution >= 4 is 92.4 Å². The number of fused-ring (bicyclic) bond motifs is 9. The third kappa shape index (κ3) is 4.51. The van der Waals surface area contributed by atoms with Gasteiger partial charge in [0, 0.05) is 53.3 Å². The van der Waals surface area contributed by atoms with Crippen LogP contribution < -0.4 is 4.90 Å². The van der Waals surface area contributed by atoms with Crippen LogP contribution in [0.3, 0.4) is 0 Å². The lowest BCUT2D eigenvalue weighted by Gasteiger charge is -2.27. The summed E-state index contributed by atoms with van der Waals surface area (Å²) in [5.41, 5.74) is 11.2. The van der Waals surface area contributed by atoms with Gasteiger partial charge < -0.3 is 13.7 Å². The lowest BCUT2D eigenvalue weighted by Crippen LogP contribution is -2.10. The van der Waals surface area contributed by atoms with Crippen molar-refractivity contribution in [3.05, 3.63) is 176 Å². The molecule has 0 aliphatic heterocycles. The van der Waals surface area contributed by atoms with E-state index in [4.69, 9.17) is 8.83 Å². The van der Waals surface area contributed by atoms with Crippen molar-refractivity contribution in [2.24, 2.45) is 0 Å². The van der Waals surface area contributed by atoms with Crippen LogP contribution in [0.1, 0.15) is 0 Å². The Balaban J connectivity index is 1.09. The molecule has 0 spiro atoms. The maximum atomic E-state index is 6.48. The molecule has 0 saturated heterocycles. The number of para-hydroxylation sites is 3. The highest BCUT2D eigenvalue weighted by Gasteiger charge is 2.21. The zero-order chi connectivity index (χ0) is 34.2. The fourth-order valence-corrected chi connectivity index (χ4v) is 8.95. The molecule has 52 heavy (non-hydrogen) atoms. The summed E-state index contributed by atoms with van der Waals surface area (Å²) in [6, 6.07) is 62.5. The summed E-state index contributed by atoms with van der Waals surface area (Å²) in [4.78, 5) is 2.35. The van der Waals surface area contributed by atoms with Gasteiger partial charge in [-0.3, -0.25) is 0 Å². The van der Waals surface area contributed by atoms with Crippen molar-refractivity contribution in [3.8, 4) is 22.3 Å². The Morgan fingerprint density at radius 3 is 1.94 bits per heavy atom. The maximum Gasteiger partial charge on any atom is 0.143 e. The van der Waals surface area contributed by atoms with Gasteiger partial charge in [0.1, 0.15) is 22.3 Å². The molecule has 0 atom stereocenters. The number of anilines is 3. The summed E-state index contributed by atoms with van der Waals surface area (Å²) in [5.74, 6) is 0. The molecule has 3 heterocycles. The van der Waals surface area contributed by atoms with Gasteiger partial charge in [-0.2, -0.15) is 0 Å². The first-order chi connectivity index (χ1) is 25.8. The third-order valence-electron chi connectivity index (χ3n) is 10.3. The lowest BCUT2D eigenvalue weighted by molar-refractivity contribution is 0.669. The Hall–Kier alpha value is -6.62. The van der Waals surface area contributed by atoms with Gasteiger partial charge >= 0.3 is 0 Å². The second-order valence-corrected chi connectivity index (χ2v) is 14.4. The summed E-state index contributed by atoms with van der Waals surface area (Å²) in [6.45, 7) is 0. The van der Waals surface area contributed by atoms with E-state index in [1.165, 1.54) is 31.3 Å². The molecule has 0 aliphatic rings. The van der Waals surface area contributed by atoms with Crippen molar-refractivity contribution in [2.45, 2.75) is 0 Å². The predicted molar refractivity (Wildman–Crippen MR) is 219 cm³/mol. The van der Waals surface area contributed by atoms with Crippen LogP contribution in [-0.2, 0) is 0 Å². The lowest BCUT2D eigenvalue weighted by atomic mass is 10.00. The number of thiophene rings is 1. The highest BCUT2D eigenvalue weighted by molar-refractivity contribution is 7.25. The van der Waals surface area contributed by atoms with Crippen LogP contribution >= 0.6 is 11.3 Å². The minimum absolute atomic E-state index is 0.861. The fraction of sp³-hybridized carbons (Fsp3) is 0. The van der Waals surface area contributed by atoms with Crippen LogP contribution in [0.4, 0.5) is 17.1 Å². The fourth-order valence-electron chi connectivity index (χ4n) is 7.87. The van der Waals surface area contributed by atoms with E-state index in [9.17, 15) is 0 Å². The number of nitrogens with zero attached hydrogens (tertiary/aromatic N) is 1. The molecule has 0 fully saturated rings. The van der Waals surface area contributed by atoms with Gasteiger partial charge in [0.05, 0.1) is 11.1 Å². The monoisotopic (exact) mass is 683 g/mol. The molecule has 0 unspecified atom stereocenters. The molecule has 11 rings (SSSR count). The van der Waals surface area contributed by atoms with Crippen LogP contribution in [0.25, 0.3) is 86.3 Å². The minimum Gasteiger partial charge on any atom is -0.456 e. The highest BCUT2D eigenvalue weighted by atomic mass is 32.1. The molecule has 3 nitrogen and oxygen atoms in total. The molecule has 0 aliphatic carbocycles. The molecular weight excluding hydrogens is 655 g/mol. The average Bonchev–Trinajstić information content (AvgIpc) is 3.90. The van der Waals surface area contributed by atoms with Crippen molar-refractivity contribution in [1.82, 2.24) is 0 Å². The number of hydrogen-bond donors (Lipinski definition) is 0.